The molecule has 1 heterocycles. The van der Waals surface area contributed by atoms with E-state index in [0.29, 0.717) is 18.6 Å². The second-order valence-electron chi connectivity index (χ2n) is 4.29. The molecule has 1 atom stereocenters. The maximum atomic E-state index is 11.8. The van der Waals surface area contributed by atoms with Gasteiger partial charge in [0, 0.05) is 26.2 Å². The Morgan fingerprint density at radius 3 is 2.50 bits per heavy atom. The molecule has 18 heavy (non-hydrogen) atoms. The summed E-state index contributed by atoms with van der Waals surface area (Å²) in [5.74, 6) is -0.961. The lowest BCUT2D eigenvalue weighted by molar-refractivity contribution is -0.145. The minimum Gasteiger partial charge on any atom is -0.463 e. The number of cyclic esters (lactones) is 1. The van der Waals surface area contributed by atoms with Gasteiger partial charge in [0.15, 0.2) is 0 Å². The Hall–Kier alpha value is -2.04. The van der Waals surface area contributed by atoms with Crippen molar-refractivity contribution >= 4 is 17.6 Å². The third-order valence-corrected chi connectivity index (χ3v) is 2.76. The molecule has 0 bridgehead atoms. The molecule has 0 unspecified atom stereocenters. The molecule has 0 spiro atoms. The van der Waals surface area contributed by atoms with E-state index < -0.39 is 18.0 Å². The molecule has 2 rings (SSSR count). The molecule has 1 aromatic carbocycles. The summed E-state index contributed by atoms with van der Waals surface area (Å²) in [6, 6.07) is 7.00. The second kappa shape index (κ2) is 5.08. The summed E-state index contributed by atoms with van der Waals surface area (Å²) in [6.45, 7) is 0.316. The van der Waals surface area contributed by atoms with Crippen LogP contribution in [0.1, 0.15) is 16.8 Å². The van der Waals surface area contributed by atoms with Gasteiger partial charge < -0.3 is 14.4 Å². The van der Waals surface area contributed by atoms with Gasteiger partial charge >= 0.3 is 11.9 Å². The third-order valence-electron chi connectivity index (χ3n) is 2.76. The lowest BCUT2D eigenvalue weighted by Gasteiger charge is -2.13. The molecule has 96 valence electrons. The van der Waals surface area contributed by atoms with Crippen LogP contribution < -0.4 is 4.90 Å². The van der Waals surface area contributed by atoms with Crippen molar-refractivity contribution in [3.63, 3.8) is 0 Å². The highest BCUT2D eigenvalue weighted by Gasteiger charge is 2.30. The first-order valence-corrected chi connectivity index (χ1v) is 5.73. The number of nitrogens with zero attached hydrogens (tertiary/aromatic N) is 1. The van der Waals surface area contributed by atoms with Gasteiger partial charge in [-0.2, -0.15) is 0 Å². The average Bonchev–Trinajstić information content (AvgIpc) is 2.75. The Kier molecular flexibility index (Phi) is 3.50. The van der Waals surface area contributed by atoms with Crippen LogP contribution in [-0.4, -0.2) is 38.7 Å². The molecule has 1 aliphatic rings. The van der Waals surface area contributed by atoms with Gasteiger partial charge in [-0.15, -0.1) is 0 Å². The Labute approximate surface area is 105 Å². The molecule has 0 N–H and O–H groups in total. The Morgan fingerprint density at radius 1 is 1.33 bits per heavy atom. The highest BCUT2D eigenvalue weighted by Crippen LogP contribution is 2.16. The number of carbonyl (C=O) groups excluding carboxylic acids is 2. The van der Waals surface area contributed by atoms with Gasteiger partial charge in [-0.1, -0.05) is 0 Å². The minimum atomic E-state index is -0.758. The first-order valence-electron chi connectivity index (χ1n) is 5.73. The molecule has 0 saturated carbocycles. The van der Waals surface area contributed by atoms with Crippen LogP contribution in [0.15, 0.2) is 24.3 Å². The van der Waals surface area contributed by atoms with Crippen LogP contribution in [0.3, 0.4) is 0 Å². The number of anilines is 1. The van der Waals surface area contributed by atoms with Crippen molar-refractivity contribution in [3.05, 3.63) is 29.8 Å². The van der Waals surface area contributed by atoms with E-state index in [0.717, 1.165) is 5.69 Å². The number of carbonyl (C=O) groups is 2. The van der Waals surface area contributed by atoms with E-state index in [-0.39, 0.29) is 0 Å². The number of rotatable bonds is 3. The fraction of sp³-hybridized carbons (Fsp3) is 0.385. The van der Waals surface area contributed by atoms with Crippen molar-refractivity contribution in [1.82, 2.24) is 0 Å². The zero-order valence-corrected chi connectivity index (χ0v) is 10.4. The fourth-order valence-electron chi connectivity index (χ4n) is 1.68. The SMILES string of the molecule is CN(C)c1ccc(C(=O)O[C@H]2CCOC2=O)cc1. The second-order valence-corrected chi connectivity index (χ2v) is 4.29. The van der Waals surface area contributed by atoms with Gasteiger partial charge in [-0.25, -0.2) is 9.59 Å². The monoisotopic (exact) mass is 249 g/mol. The van der Waals surface area contributed by atoms with Crippen molar-refractivity contribution in [2.24, 2.45) is 0 Å². The molecule has 5 heteroatoms. The van der Waals surface area contributed by atoms with E-state index in [2.05, 4.69) is 0 Å². The van der Waals surface area contributed by atoms with E-state index in [9.17, 15) is 9.59 Å². The Bertz CT molecular complexity index is 453. The van der Waals surface area contributed by atoms with Gasteiger partial charge in [0.2, 0.25) is 6.10 Å². The molecular weight excluding hydrogens is 234 g/mol. The zero-order valence-electron chi connectivity index (χ0n) is 10.4. The quantitative estimate of drug-likeness (QED) is 0.754. The summed E-state index contributed by atoms with van der Waals surface area (Å²) in [6.07, 6.45) is -0.327. The molecule has 0 amide bonds. The van der Waals surface area contributed by atoms with Crippen LogP contribution in [0.2, 0.25) is 0 Å². The lowest BCUT2D eigenvalue weighted by Crippen LogP contribution is -2.22. The van der Waals surface area contributed by atoms with Crippen molar-refractivity contribution in [2.45, 2.75) is 12.5 Å². The van der Waals surface area contributed by atoms with Crippen LogP contribution in [0, 0.1) is 0 Å². The Balaban J connectivity index is 2.02. The normalized spacial score (nSPS) is 18.3. The minimum absolute atomic E-state index is 0.316. The number of benzene rings is 1. The summed E-state index contributed by atoms with van der Waals surface area (Å²) in [5.41, 5.74) is 1.42. The maximum absolute atomic E-state index is 11.8. The molecule has 0 radical (unpaired) electrons. The smallest absolute Gasteiger partial charge is 0.347 e. The van der Waals surface area contributed by atoms with Gasteiger partial charge in [0.05, 0.1) is 12.2 Å². The summed E-state index contributed by atoms with van der Waals surface area (Å²) in [7, 11) is 3.84. The molecule has 0 aliphatic carbocycles. The van der Waals surface area contributed by atoms with E-state index >= 15 is 0 Å². The van der Waals surface area contributed by atoms with Gasteiger partial charge in [0.1, 0.15) is 0 Å². The lowest BCUT2D eigenvalue weighted by atomic mass is 10.2. The van der Waals surface area contributed by atoms with Gasteiger partial charge in [0.25, 0.3) is 0 Å². The average molecular weight is 249 g/mol. The molecule has 1 fully saturated rings. The van der Waals surface area contributed by atoms with E-state index in [1.807, 2.05) is 31.1 Å². The van der Waals surface area contributed by atoms with Gasteiger partial charge in [-0.05, 0) is 24.3 Å². The van der Waals surface area contributed by atoms with Crippen molar-refractivity contribution < 1.29 is 19.1 Å². The van der Waals surface area contributed by atoms with Crippen LogP contribution in [-0.2, 0) is 14.3 Å². The van der Waals surface area contributed by atoms with Crippen molar-refractivity contribution in [2.75, 3.05) is 25.6 Å². The van der Waals surface area contributed by atoms with Crippen LogP contribution in [0.25, 0.3) is 0 Å². The van der Waals surface area contributed by atoms with Gasteiger partial charge in [-0.3, -0.25) is 0 Å². The highest BCUT2D eigenvalue weighted by atomic mass is 16.6. The first-order chi connectivity index (χ1) is 8.58. The summed E-state index contributed by atoms with van der Waals surface area (Å²) >= 11 is 0. The molecule has 0 aromatic heterocycles. The van der Waals surface area contributed by atoms with Crippen LogP contribution in [0.5, 0.6) is 0 Å². The molecule has 1 aliphatic heterocycles. The largest absolute Gasteiger partial charge is 0.463 e. The summed E-state index contributed by atoms with van der Waals surface area (Å²) < 4.78 is 9.81. The molecule has 5 nitrogen and oxygen atoms in total. The number of ether oxygens (including phenoxy) is 2. The topological polar surface area (TPSA) is 55.8 Å². The molecule has 1 aromatic rings. The van der Waals surface area contributed by atoms with Crippen molar-refractivity contribution in [1.29, 1.82) is 0 Å². The van der Waals surface area contributed by atoms with E-state index in [1.165, 1.54) is 0 Å². The number of esters is 2. The van der Waals surface area contributed by atoms with E-state index in [4.69, 9.17) is 9.47 Å². The van der Waals surface area contributed by atoms with E-state index in [1.54, 1.807) is 12.1 Å². The highest BCUT2D eigenvalue weighted by molar-refractivity contribution is 5.92. The molecule has 1 saturated heterocycles. The predicted octanol–water partition coefficient (Wildman–Crippen LogP) is 1.22. The zero-order chi connectivity index (χ0) is 13.1. The molecular formula is C13H15NO4. The number of hydrogen-bond donors (Lipinski definition) is 0. The van der Waals surface area contributed by atoms with Crippen LogP contribution in [0.4, 0.5) is 5.69 Å². The van der Waals surface area contributed by atoms with Crippen LogP contribution >= 0.6 is 0 Å². The maximum Gasteiger partial charge on any atom is 0.347 e. The predicted molar refractivity (Wildman–Crippen MR) is 65.5 cm³/mol. The summed E-state index contributed by atoms with van der Waals surface area (Å²) in [4.78, 5) is 24.9. The standard InChI is InChI=1S/C13H15NO4/c1-14(2)10-5-3-9(4-6-10)12(15)18-11-7-8-17-13(11)16/h3-6,11H,7-8H2,1-2H3/t11-/m0/s1. The number of hydrogen-bond acceptors (Lipinski definition) is 5. The third kappa shape index (κ3) is 2.61. The van der Waals surface area contributed by atoms with Crippen molar-refractivity contribution in [3.8, 4) is 0 Å². The first kappa shape index (κ1) is 12.4. The fourth-order valence-corrected chi connectivity index (χ4v) is 1.68. The Morgan fingerprint density at radius 2 is 2.00 bits per heavy atom. The summed E-state index contributed by atoms with van der Waals surface area (Å²) in [5, 5.41) is 0.